The van der Waals surface area contributed by atoms with Crippen molar-refractivity contribution in [3.05, 3.63) is 0 Å². The number of nitrogens with two attached hydrogens (primary N) is 1. The second-order valence-electron chi connectivity index (χ2n) is 5.07. The molecule has 8 heteroatoms. The van der Waals surface area contributed by atoms with Gasteiger partial charge in [0.1, 0.15) is 0 Å². The van der Waals surface area contributed by atoms with Crippen LogP contribution < -0.4 is 16.4 Å². The number of rotatable bonds is 7. The zero-order valence-electron chi connectivity index (χ0n) is 12.6. The molecule has 0 aromatic heterocycles. The summed E-state index contributed by atoms with van der Waals surface area (Å²) in [6.07, 6.45) is 4.83. The number of amides is 2. The van der Waals surface area contributed by atoms with Crippen molar-refractivity contribution in [2.24, 2.45) is 5.73 Å². The fraction of sp³-hybridized carbons (Fsp3) is 0.846. The van der Waals surface area contributed by atoms with Crippen LogP contribution in [-0.2, 0) is 9.59 Å². The van der Waals surface area contributed by atoms with Crippen molar-refractivity contribution in [1.82, 2.24) is 15.5 Å². The molecule has 0 aliphatic carbocycles. The molecule has 0 aromatic carbocycles. The molecule has 21 heavy (non-hydrogen) atoms. The molecule has 1 atom stereocenters. The average molecular weight is 343 g/mol. The summed E-state index contributed by atoms with van der Waals surface area (Å²) in [5.74, 6) is -0.467. The topological polar surface area (TPSA) is 87.5 Å². The molecule has 1 unspecified atom stereocenters. The molecule has 4 N–H and O–H groups in total. The summed E-state index contributed by atoms with van der Waals surface area (Å²) in [6.45, 7) is 5.04. The van der Waals surface area contributed by atoms with E-state index in [1.54, 1.807) is 0 Å². The normalized spacial score (nSPS) is 18.1. The van der Waals surface area contributed by atoms with Crippen molar-refractivity contribution in [2.75, 3.05) is 32.7 Å². The van der Waals surface area contributed by atoms with E-state index in [1.165, 1.54) is 25.8 Å². The standard InChI is InChI=1S/C13H26N4O2.2ClH/c1-11-5-2-3-7-17(11)8-4-6-15-13(19)10-16-12(18)9-14;;/h11H,2-10,14H2,1H3,(H,15,19)(H,16,18);2*1H. The van der Waals surface area contributed by atoms with E-state index in [4.69, 9.17) is 5.73 Å². The number of likely N-dealkylation sites (tertiary alicyclic amines) is 1. The highest BCUT2D eigenvalue weighted by Crippen LogP contribution is 2.15. The third kappa shape index (κ3) is 9.90. The molecule has 0 aromatic rings. The van der Waals surface area contributed by atoms with Gasteiger partial charge in [-0.2, -0.15) is 0 Å². The third-order valence-corrected chi connectivity index (χ3v) is 3.52. The molecule has 1 aliphatic heterocycles. The Balaban J connectivity index is 0. The number of nitrogens with one attached hydrogen (secondary N) is 2. The van der Waals surface area contributed by atoms with Crippen molar-refractivity contribution in [3.63, 3.8) is 0 Å². The van der Waals surface area contributed by atoms with Crippen LogP contribution in [0.4, 0.5) is 0 Å². The molecule has 0 saturated carbocycles. The minimum Gasteiger partial charge on any atom is -0.355 e. The van der Waals surface area contributed by atoms with Gasteiger partial charge in [-0.3, -0.25) is 9.59 Å². The highest BCUT2D eigenvalue weighted by molar-refractivity contribution is 5.86. The SMILES string of the molecule is CC1CCCCN1CCCNC(=O)CNC(=O)CN.Cl.Cl. The molecule has 0 spiro atoms. The molecule has 126 valence electrons. The van der Waals surface area contributed by atoms with Crippen LogP contribution in [0.5, 0.6) is 0 Å². The van der Waals surface area contributed by atoms with Gasteiger partial charge in [0.15, 0.2) is 0 Å². The average Bonchev–Trinajstić information content (AvgIpc) is 2.42. The van der Waals surface area contributed by atoms with Crippen molar-refractivity contribution in [1.29, 1.82) is 0 Å². The Morgan fingerprint density at radius 1 is 1.19 bits per heavy atom. The van der Waals surface area contributed by atoms with E-state index < -0.39 is 0 Å². The van der Waals surface area contributed by atoms with Crippen molar-refractivity contribution in [2.45, 2.75) is 38.6 Å². The Labute approximate surface area is 139 Å². The Morgan fingerprint density at radius 3 is 2.52 bits per heavy atom. The van der Waals surface area contributed by atoms with E-state index in [1.807, 2.05) is 0 Å². The molecular formula is C13H28Cl2N4O2. The summed E-state index contributed by atoms with van der Waals surface area (Å²) >= 11 is 0. The van der Waals surface area contributed by atoms with Crippen LogP contribution in [0, 0.1) is 0 Å². The fourth-order valence-corrected chi connectivity index (χ4v) is 2.31. The Morgan fingerprint density at radius 2 is 1.90 bits per heavy atom. The van der Waals surface area contributed by atoms with Gasteiger partial charge in [0.05, 0.1) is 13.1 Å². The number of carbonyl (C=O) groups excluding carboxylic acids is 2. The maximum absolute atomic E-state index is 11.4. The summed E-state index contributed by atoms with van der Waals surface area (Å²) in [5.41, 5.74) is 5.13. The number of nitrogens with zero attached hydrogens (tertiary/aromatic N) is 1. The van der Waals surface area contributed by atoms with E-state index >= 15 is 0 Å². The maximum atomic E-state index is 11.4. The minimum absolute atomic E-state index is 0. The Hall–Kier alpha value is -0.560. The summed E-state index contributed by atoms with van der Waals surface area (Å²) in [5, 5.41) is 5.24. The first kappa shape index (κ1) is 22.7. The van der Waals surface area contributed by atoms with E-state index in [0.717, 1.165) is 13.0 Å². The lowest BCUT2D eigenvalue weighted by Crippen LogP contribution is -2.41. The minimum atomic E-state index is -0.308. The Bertz CT molecular complexity index is 306. The fourth-order valence-electron chi connectivity index (χ4n) is 2.31. The Kier molecular flexibility index (Phi) is 14.2. The van der Waals surface area contributed by atoms with E-state index in [2.05, 4.69) is 22.5 Å². The first-order valence-electron chi connectivity index (χ1n) is 7.11. The zero-order valence-corrected chi connectivity index (χ0v) is 14.2. The van der Waals surface area contributed by atoms with Gasteiger partial charge < -0.3 is 21.3 Å². The van der Waals surface area contributed by atoms with Crippen molar-refractivity contribution in [3.8, 4) is 0 Å². The lowest BCUT2D eigenvalue weighted by molar-refractivity contribution is -0.125. The number of hydrogen-bond acceptors (Lipinski definition) is 4. The van der Waals surface area contributed by atoms with Crippen LogP contribution in [0.25, 0.3) is 0 Å². The van der Waals surface area contributed by atoms with Crippen molar-refractivity contribution >= 4 is 36.6 Å². The molecule has 1 heterocycles. The van der Waals surface area contributed by atoms with E-state index in [-0.39, 0.29) is 49.7 Å². The molecule has 1 rings (SSSR count). The summed E-state index contributed by atoms with van der Waals surface area (Å²) < 4.78 is 0. The van der Waals surface area contributed by atoms with Gasteiger partial charge >= 0.3 is 0 Å². The second-order valence-corrected chi connectivity index (χ2v) is 5.07. The van der Waals surface area contributed by atoms with Gasteiger partial charge in [0, 0.05) is 19.1 Å². The number of halogens is 2. The molecular weight excluding hydrogens is 315 g/mol. The van der Waals surface area contributed by atoms with E-state index in [9.17, 15) is 9.59 Å². The monoisotopic (exact) mass is 342 g/mol. The molecule has 1 aliphatic rings. The quantitative estimate of drug-likeness (QED) is 0.580. The van der Waals surface area contributed by atoms with Crippen LogP contribution in [0.3, 0.4) is 0 Å². The summed E-state index contributed by atoms with van der Waals surface area (Å²) in [4.78, 5) is 24.7. The number of piperidine rings is 1. The van der Waals surface area contributed by atoms with E-state index in [0.29, 0.717) is 12.6 Å². The molecule has 1 fully saturated rings. The predicted molar refractivity (Wildman–Crippen MR) is 89.1 cm³/mol. The third-order valence-electron chi connectivity index (χ3n) is 3.52. The summed E-state index contributed by atoms with van der Waals surface area (Å²) in [6, 6.07) is 0.660. The zero-order chi connectivity index (χ0) is 14.1. The largest absolute Gasteiger partial charge is 0.355 e. The number of hydrogen-bond donors (Lipinski definition) is 3. The lowest BCUT2D eigenvalue weighted by atomic mass is 10.0. The van der Waals surface area contributed by atoms with Gasteiger partial charge in [0.25, 0.3) is 0 Å². The lowest BCUT2D eigenvalue weighted by Gasteiger charge is -2.33. The molecule has 1 saturated heterocycles. The van der Waals surface area contributed by atoms with Gasteiger partial charge in [-0.25, -0.2) is 0 Å². The number of carbonyl (C=O) groups is 2. The first-order chi connectivity index (χ1) is 9.13. The first-order valence-corrected chi connectivity index (χ1v) is 7.11. The summed E-state index contributed by atoms with van der Waals surface area (Å²) in [7, 11) is 0. The van der Waals surface area contributed by atoms with Gasteiger partial charge in [-0.05, 0) is 32.7 Å². The highest BCUT2D eigenvalue weighted by atomic mass is 35.5. The van der Waals surface area contributed by atoms with Crippen LogP contribution >= 0.6 is 24.8 Å². The molecule has 0 radical (unpaired) electrons. The smallest absolute Gasteiger partial charge is 0.239 e. The van der Waals surface area contributed by atoms with Gasteiger partial charge in [-0.1, -0.05) is 6.42 Å². The van der Waals surface area contributed by atoms with Crippen LogP contribution in [0.15, 0.2) is 0 Å². The van der Waals surface area contributed by atoms with Gasteiger partial charge in [-0.15, -0.1) is 24.8 Å². The highest BCUT2D eigenvalue weighted by Gasteiger charge is 2.17. The molecule has 6 nitrogen and oxygen atoms in total. The molecule has 2 amide bonds. The predicted octanol–water partition coefficient (Wildman–Crippen LogP) is 0.286. The maximum Gasteiger partial charge on any atom is 0.239 e. The van der Waals surface area contributed by atoms with Crippen LogP contribution in [-0.4, -0.2) is 55.5 Å². The van der Waals surface area contributed by atoms with Crippen LogP contribution in [0.2, 0.25) is 0 Å². The molecule has 0 bridgehead atoms. The van der Waals surface area contributed by atoms with Crippen molar-refractivity contribution < 1.29 is 9.59 Å². The van der Waals surface area contributed by atoms with Gasteiger partial charge in [0.2, 0.25) is 11.8 Å². The van der Waals surface area contributed by atoms with Crippen LogP contribution in [0.1, 0.15) is 32.6 Å². The second kappa shape index (κ2) is 13.1.